The lowest BCUT2D eigenvalue weighted by Gasteiger charge is -2.18. The van der Waals surface area contributed by atoms with Crippen molar-refractivity contribution in [3.05, 3.63) is 35.4 Å². The molecule has 100 valence electrons. The standard InChI is InChI=1S/C13H16F3NO/c1-9(17(2)3)12(18)8-10-5-4-6-11(7-10)13(14,15)16/h4-7,9H,8H2,1-3H3. The van der Waals surface area contributed by atoms with E-state index >= 15 is 0 Å². The van der Waals surface area contributed by atoms with Crippen LogP contribution < -0.4 is 0 Å². The molecule has 1 aromatic carbocycles. The minimum atomic E-state index is -4.37. The number of nitrogens with zero attached hydrogens (tertiary/aromatic N) is 1. The van der Waals surface area contributed by atoms with Gasteiger partial charge in [0.2, 0.25) is 0 Å². The Labute approximate surface area is 104 Å². The Morgan fingerprint density at radius 2 is 1.94 bits per heavy atom. The van der Waals surface area contributed by atoms with E-state index in [1.165, 1.54) is 12.1 Å². The van der Waals surface area contributed by atoms with Gasteiger partial charge in [-0.3, -0.25) is 9.69 Å². The normalized spacial score (nSPS) is 13.7. The largest absolute Gasteiger partial charge is 0.416 e. The fourth-order valence-corrected chi connectivity index (χ4v) is 1.49. The Kier molecular flexibility index (Phi) is 4.51. The van der Waals surface area contributed by atoms with Crippen LogP contribution in [0.1, 0.15) is 18.1 Å². The van der Waals surface area contributed by atoms with Crippen molar-refractivity contribution in [3.63, 3.8) is 0 Å². The third-order valence-corrected chi connectivity index (χ3v) is 2.87. The molecule has 1 aromatic rings. The third-order valence-electron chi connectivity index (χ3n) is 2.87. The second kappa shape index (κ2) is 5.52. The van der Waals surface area contributed by atoms with Gasteiger partial charge >= 0.3 is 6.18 Å². The Hall–Kier alpha value is -1.36. The van der Waals surface area contributed by atoms with Gasteiger partial charge in [0.1, 0.15) is 0 Å². The van der Waals surface area contributed by atoms with Crippen LogP contribution in [-0.2, 0) is 17.4 Å². The number of hydrogen-bond donors (Lipinski definition) is 0. The molecule has 1 rings (SSSR count). The fraction of sp³-hybridized carbons (Fsp3) is 0.462. The van der Waals surface area contributed by atoms with Crippen molar-refractivity contribution in [1.29, 1.82) is 0 Å². The summed E-state index contributed by atoms with van der Waals surface area (Å²) in [5.41, 5.74) is -0.325. The maximum Gasteiger partial charge on any atom is 0.416 e. The average Bonchev–Trinajstić information content (AvgIpc) is 2.27. The summed E-state index contributed by atoms with van der Waals surface area (Å²) in [6.07, 6.45) is -4.35. The first-order valence-electron chi connectivity index (χ1n) is 5.57. The minimum absolute atomic E-state index is 0.0171. The molecule has 0 aliphatic heterocycles. The monoisotopic (exact) mass is 259 g/mol. The van der Waals surface area contributed by atoms with Crippen LogP contribution in [0.25, 0.3) is 0 Å². The molecule has 18 heavy (non-hydrogen) atoms. The number of carbonyl (C=O) groups is 1. The summed E-state index contributed by atoms with van der Waals surface area (Å²) in [7, 11) is 3.52. The van der Waals surface area contributed by atoms with Crippen molar-refractivity contribution in [2.45, 2.75) is 25.6 Å². The summed E-state index contributed by atoms with van der Waals surface area (Å²) >= 11 is 0. The van der Waals surface area contributed by atoms with E-state index in [0.29, 0.717) is 5.56 Å². The molecule has 0 aliphatic rings. The van der Waals surface area contributed by atoms with Gasteiger partial charge in [0.05, 0.1) is 11.6 Å². The minimum Gasteiger partial charge on any atom is -0.300 e. The van der Waals surface area contributed by atoms with E-state index in [-0.39, 0.29) is 18.2 Å². The van der Waals surface area contributed by atoms with E-state index in [9.17, 15) is 18.0 Å². The molecule has 0 N–H and O–H groups in total. The van der Waals surface area contributed by atoms with Crippen LogP contribution >= 0.6 is 0 Å². The molecule has 0 spiro atoms. The number of Topliss-reactive ketones (excluding diaryl/α,β-unsaturated/α-hetero) is 1. The van der Waals surface area contributed by atoms with Crippen LogP contribution in [-0.4, -0.2) is 30.8 Å². The Bertz CT molecular complexity index is 426. The number of ketones is 1. The molecule has 5 heteroatoms. The highest BCUT2D eigenvalue weighted by Gasteiger charge is 2.30. The van der Waals surface area contributed by atoms with Crippen molar-refractivity contribution in [2.24, 2.45) is 0 Å². The molecular weight excluding hydrogens is 243 g/mol. The molecule has 0 aliphatic carbocycles. The molecule has 0 amide bonds. The predicted molar refractivity (Wildman–Crippen MR) is 63.3 cm³/mol. The van der Waals surface area contributed by atoms with Crippen LogP contribution in [0.15, 0.2) is 24.3 Å². The van der Waals surface area contributed by atoms with Gasteiger partial charge in [-0.2, -0.15) is 13.2 Å². The van der Waals surface area contributed by atoms with E-state index in [1.54, 1.807) is 25.9 Å². The maximum atomic E-state index is 12.5. The van der Waals surface area contributed by atoms with Crippen molar-refractivity contribution in [2.75, 3.05) is 14.1 Å². The lowest BCUT2D eigenvalue weighted by atomic mass is 10.0. The molecule has 0 fully saturated rings. The Balaban J connectivity index is 2.83. The molecule has 0 saturated carbocycles. The first-order valence-corrected chi connectivity index (χ1v) is 5.57. The van der Waals surface area contributed by atoms with Crippen molar-refractivity contribution < 1.29 is 18.0 Å². The SMILES string of the molecule is CC(C(=O)Cc1cccc(C(F)(F)F)c1)N(C)C. The van der Waals surface area contributed by atoms with E-state index in [0.717, 1.165) is 12.1 Å². The van der Waals surface area contributed by atoms with Gasteiger partial charge in [0.15, 0.2) is 5.78 Å². The van der Waals surface area contributed by atoms with E-state index in [1.807, 2.05) is 0 Å². The summed E-state index contributed by atoms with van der Waals surface area (Å²) in [4.78, 5) is 13.5. The number of rotatable bonds is 4. The summed E-state index contributed by atoms with van der Waals surface area (Å²) < 4.78 is 37.5. The molecule has 0 radical (unpaired) electrons. The predicted octanol–water partition coefficient (Wildman–Crippen LogP) is 2.77. The molecule has 1 unspecified atom stereocenters. The highest BCUT2D eigenvalue weighted by Crippen LogP contribution is 2.29. The van der Waals surface area contributed by atoms with Crippen molar-refractivity contribution >= 4 is 5.78 Å². The highest BCUT2D eigenvalue weighted by molar-refractivity contribution is 5.85. The molecular formula is C13H16F3NO. The number of halogens is 3. The number of likely N-dealkylation sites (N-methyl/N-ethyl adjacent to an activating group) is 1. The third kappa shape index (κ3) is 3.84. The molecule has 0 aromatic heterocycles. The second-order valence-electron chi connectivity index (χ2n) is 4.48. The van der Waals surface area contributed by atoms with Crippen LogP contribution in [0, 0.1) is 0 Å². The lowest BCUT2D eigenvalue weighted by Crippen LogP contribution is -2.33. The van der Waals surface area contributed by atoms with Gasteiger partial charge < -0.3 is 0 Å². The van der Waals surface area contributed by atoms with Gasteiger partial charge in [-0.05, 0) is 32.6 Å². The van der Waals surface area contributed by atoms with E-state index in [4.69, 9.17) is 0 Å². The fourth-order valence-electron chi connectivity index (χ4n) is 1.49. The lowest BCUT2D eigenvalue weighted by molar-refractivity contribution is -0.137. The summed E-state index contributed by atoms with van der Waals surface area (Å²) in [5, 5.41) is 0. The second-order valence-corrected chi connectivity index (χ2v) is 4.48. The maximum absolute atomic E-state index is 12.5. The van der Waals surface area contributed by atoms with Crippen LogP contribution in [0.3, 0.4) is 0 Å². The zero-order valence-electron chi connectivity index (χ0n) is 10.6. The van der Waals surface area contributed by atoms with Crippen LogP contribution in [0.2, 0.25) is 0 Å². The summed E-state index contributed by atoms with van der Waals surface area (Å²) in [6.45, 7) is 1.73. The van der Waals surface area contributed by atoms with Gasteiger partial charge in [-0.15, -0.1) is 0 Å². The molecule has 0 saturated heterocycles. The van der Waals surface area contributed by atoms with Gasteiger partial charge in [-0.1, -0.05) is 18.2 Å². The zero-order valence-corrected chi connectivity index (χ0v) is 10.6. The Morgan fingerprint density at radius 3 is 2.44 bits per heavy atom. The molecule has 0 bridgehead atoms. The summed E-state index contributed by atoms with van der Waals surface area (Å²) in [5.74, 6) is -0.0978. The quantitative estimate of drug-likeness (QED) is 0.828. The average molecular weight is 259 g/mol. The number of carbonyl (C=O) groups excluding carboxylic acids is 1. The number of hydrogen-bond acceptors (Lipinski definition) is 2. The van der Waals surface area contributed by atoms with Gasteiger partial charge in [0, 0.05) is 6.42 Å². The summed E-state index contributed by atoms with van der Waals surface area (Å²) in [6, 6.07) is 4.59. The molecule has 1 atom stereocenters. The first kappa shape index (κ1) is 14.7. The van der Waals surface area contributed by atoms with E-state index in [2.05, 4.69) is 0 Å². The molecule has 0 heterocycles. The number of alkyl halides is 3. The number of benzene rings is 1. The Morgan fingerprint density at radius 1 is 1.33 bits per heavy atom. The van der Waals surface area contributed by atoms with Gasteiger partial charge in [-0.25, -0.2) is 0 Å². The van der Waals surface area contributed by atoms with E-state index < -0.39 is 11.7 Å². The van der Waals surface area contributed by atoms with Crippen LogP contribution in [0.4, 0.5) is 13.2 Å². The first-order chi connectivity index (χ1) is 8.21. The van der Waals surface area contributed by atoms with Gasteiger partial charge in [0.25, 0.3) is 0 Å². The molecule has 2 nitrogen and oxygen atoms in total. The zero-order chi connectivity index (χ0) is 13.9. The smallest absolute Gasteiger partial charge is 0.300 e. The van der Waals surface area contributed by atoms with Crippen LogP contribution in [0.5, 0.6) is 0 Å². The van der Waals surface area contributed by atoms with Crippen molar-refractivity contribution in [1.82, 2.24) is 4.90 Å². The topological polar surface area (TPSA) is 20.3 Å². The van der Waals surface area contributed by atoms with Crippen molar-refractivity contribution in [3.8, 4) is 0 Å². The highest BCUT2D eigenvalue weighted by atomic mass is 19.4.